The standard InChI is InChI=1S/C13H15ClN4/c1-3-9-6-4-5-7-11(9)17-12-10(14)8-16-13(15-2)18-12/h4-8H,3H2,1-2H3,(H2,15,16,17,18). The van der Waals surface area contributed by atoms with E-state index in [0.717, 1.165) is 12.1 Å². The van der Waals surface area contributed by atoms with Crippen molar-refractivity contribution in [1.29, 1.82) is 0 Å². The van der Waals surface area contributed by atoms with Gasteiger partial charge in [0.15, 0.2) is 5.82 Å². The summed E-state index contributed by atoms with van der Waals surface area (Å²) in [7, 11) is 1.77. The highest BCUT2D eigenvalue weighted by molar-refractivity contribution is 6.32. The van der Waals surface area contributed by atoms with Crippen molar-refractivity contribution in [2.75, 3.05) is 17.7 Å². The first-order valence-corrected chi connectivity index (χ1v) is 6.17. The second-order valence-electron chi connectivity index (χ2n) is 3.78. The Morgan fingerprint density at radius 2 is 2.06 bits per heavy atom. The predicted molar refractivity (Wildman–Crippen MR) is 75.7 cm³/mol. The maximum atomic E-state index is 6.08. The maximum Gasteiger partial charge on any atom is 0.224 e. The summed E-state index contributed by atoms with van der Waals surface area (Å²) >= 11 is 6.08. The number of nitrogens with zero attached hydrogens (tertiary/aromatic N) is 2. The lowest BCUT2D eigenvalue weighted by Gasteiger charge is -2.11. The monoisotopic (exact) mass is 262 g/mol. The van der Waals surface area contributed by atoms with E-state index < -0.39 is 0 Å². The van der Waals surface area contributed by atoms with Crippen LogP contribution in [-0.2, 0) is 6.42 Å². The Balaban J connectivity index is 2.33. The Bertz CT molecular complexity index is 542. The van der Waals surface area contributed by atoms with Gasteiger partial charge in [-0.1, -0.05) is 36.7 Å². The van der Waals surface area contributed by atoms with E-state index in [-0.39, 0.29) is 0 Å². The number of aryl methyl sites for hydroxylation is 1. The van der Waals surface area contributed by atoms with Crippen molar-refractivity contribution >= 4 is 29.1 Å². The van der Waals surface area contributed by atoms with Gasteiger partial charge >= 0.3 is 0 Å². The van der Waals surface area contributed by atoms with Gasteiger partial charge in [0.2, 0.25) is 5.95 Å². The van der Waals surface area contributed by atoms with E-state index in [1.54, 1.807) is 13.2 Å². The van der Waals surface area contributed by atoms with Gasteiger partial charge in [-0.05, 0) is 18.1 Å². The van der Waals surface area contributed by atoms with Crippen LogP contribution in [0, 0.1) is 0 Å². The van der Waals surface area contributed by atoms with Crippen molar-refractivity contribution in [3.8, 4) is 0 Å². The number of benzene rings is 1. The second-order valence-corrected chi connectivity index (χ2v) is 4.18. The molecular weight excluding hydrogens is 248 g/mol. The molecule has 2 N–H and O–H groups in total. The lowest BCUT2D eigenvalue weighted by atomic mass is 10.1. The van der Waals surface area contributed by atoms with Crippen LogP contribution in [-0.4, -0.2) is 17.0 Å². The van der Waals surface area contributed by atoms with Gasteiger partial charge in [0.05, 0.1) is 6.20 Å². The molecule has 0 aliphatic rings. The lowest BCUT2D eigenvalue weighted by molar-refractivity contribution is 1.12. The smallest absolute Gasteiger partial charge is 0.224 e. The molecule has 0 saturated carbocycles. The van der Waals surface area contributed by atoms with Crippen LogP contribution in [0.3, 0.4) is 0 Å². The van der Waals surface area contributed by atoms with Crippen molar-refractivity contribution in [3.05, 3.63) is 41.0 Å². The van der Waals surface area contributed by atoms with Crippen LogP contribution in [0.15, 0.2) is 30.5 Å². The van der Waals surface area contributed by atoms with Gasteiger partial charge in [-0.15, -0.1) is 0 Å². The highest BCUT2D eigenvalue weighted by Gasteiger charge is 2.07. The number of rotatable bonds is 4. The Hall–Kier alpha value is -1.81. The van der Waals surface area contributed by atoms with Gasteiger partial charge in [0, 0.05) is 12.7 Å². The minimum atomic E-state index is 0.500. The fraction of sp³-hybridized carbons (Fsp3) is 0.231. The molecule has 0 atom stereocenters. The van der Waals surface area contributed by atoms with Crippen LogP contribution < -0.4 is 10.6 Å². The molecule has 0 unspecified atom stereocenters. The third-order valence-corrected chi connectivity index (χ3v) is 2.90. The molecule has 5 heteroatoms. The second kappa shape index (κ2) is 5.69. The van der Waals surface area contributed by atoms with Gasteiger partial charge in [-0.3, -0.25) is 0 Å². The Labute approximate surface area is 111 Å². The first-order valence-electron chi connectivity index (χ1n) is 5.79. The Morgan fingerprint density at radius 3 is 2.78 bits per heavy atom. The summed E-state index contributed by atoms with van der Waals surface area (Å²) in [5.41, 5.74) is 2.24. The van der Waals surface area contributed by atoms with Crippen LogP contribution in [0.2, 0.25) is 5.02 Å². The van der Waals surface area contributed by atoms with Crippen LogP contribution in [0.5, 0.6) is 0 Å². The molecule has 0 aliphatic carbocycles. The van der Waals surface area contributed by atoms with E-state index in [2.05, 4.69) is 33.6 Å². The zero-order chi connectivity index (χ0) is 13.0. The van der Waals surface area contributed by atoms with Crippen LogP contribution in [0.25, 0.3) is 0 Å². The fourth-order valence-corrected chi connectivity index (χ4v) is 1.79. The molecule has 2 rings (SSSR count). The third kappa shape index (κ3) is 2.71. The molecule has 18 heavy (non-hydrogen) atoms. The summed E-state index contributed by atoms with van der Waals surface area (Å²) in [6, 6.07) is 8.09. The SMILES string of the molecule is CCc1ccccc1Nc1nc(NC)ncc1Cl. The first kappa shape index (κ1) is 12.6. The molecule has 0 saturated heterocycles. The first-order chi connectivity index (χ1) is 8.74. The van der Waals surface area contributed by atoms with Crippen LogP contribution in [0.4, 0.5) is 17.5 Å². The van der Waals surface area contributed by atoms with Crippen LogP contribution >= 0.6 is 11.6 Å². The Kier molecular flexibility index (Phi) is 3.99. The topological polar surface area (TPSA) is 49.8 Å². The van der Waals surface area contributed by atoms with E-state index >= 15 is 0 Å². The lowest BCUT2D eigenvalue weighted by Crippen LogP contribution is -2.02. The number of anilines is 3. The number of para-hydroxylation sites is 1. The molecule has 0 spiro atoms. The van der Waals surface area contributed by atoms with E-state index in [1.165, 1.54) is 5.56 Å². The number of hydrogen-bond donors (Lipinski definition) is 2. The van der Waals surface area contributed by atoms with E-state index in [9.17, 15) is 0 Å². The number of aromatic nitrogens is 2. The molecule has 1 heterocycles. The largest absolute Gasteiger partial charge is 0.357 e. The van der Waals surface area contributed by atoms with Gasteiger partial charge in [0.25, 0.3) is 0 Å². The van der Waals surface area contributed by atoms with Crippen molar-refractivity contribution < 1.29 is 0 Å². The highest BCUT2D eigenvalue weighted by Crippen LogP contribution is 2.25. The molecule has 2 aromatic rings. The molecule has 4 nitrogen and oxygen atoms in total. The molecular formula is C13H15ClN4. The van der Waals surface area contributed by atoms with Crippen molar-refractivity contribution in [3.63, 3.8) is 0 Å². The summed E-state index contributed by atoms with van der Waals surface area (Å²) in [6.07, 6.45) is 2.53. The number of halogens is 1. The summed E-state index contributed by atoms with van der Waals surface area (Å²) in [6.45, 7) is 2.11. The normalized spacial score (nSPS) is 10.2. The number of nitrogens with one attached hydrogen (secondary N) is 2. The van der Waals surface area contributed by atoms with Gasteiger partial charge in [0.1, 0.15) is 5.02 Å². The summed E-state index contributed by atoms with van der Waals surface area (Å²) in [5, 5.41) is 6.63. The highest BCUT2D eigenvalue weighted by atomic mass is 35.5. The summed E-state index contributed by atoms with van der Waals surface area (Å²) in [5.74, 6) is 1.15. The van der Waals surface area contributed by atoms with Gasteiger partial charge in [-0.2, -0.15) is 4.98 Å². The quantitative estimate of drug-likeness (QED) is 0.886. The maximum absolute atomic E-state index is 6.08. The van der Waals surface area contributed by atoms with E-state index in [4.69, 9.17) is 11.6 Å². The zero-order valence-electron chi connectivity index (χ0n) is 10.4. The molecule has 1 aromatic carbocycles. The fourth-order valence-electron chi connectivity index (χ4n) is 1.65. The van der Waals surface area contributed by atoms with E-state index in [1.807, 2.05) is 18.2 Å². The molecule has 0 aliphatic heterocycles. The predicted octanol–water partition coefficient (Wildman–Crippen LogP) is 3.48. The minimum Gasteiger partial charge on any atom is -0.357 e. The molecule has 94 valence electrons. The van der Waals surface area contributed by atoms with Crippen molar-refractivity contribution in [2.24, 2.45) is 0 Å². The van der Waals surface area contributed by atoms with Crippen molar-refractivity contribution in [2.45, 2.75) is 13.3 Å². The molecule has 0 bridgehead atoms. The Morgan fingerprint density at radius 1 is 1.28 bits per heavy atom. The van der Waals surface area contributed by atoms with Crippen molar-refractivity contribution in [1.82, 2.24) is 9.97 Å². The van der Waals surface area contributed by atoms with Gasteiger partial charge < -0.3 is 10.6 Å². The minimum absolute atomic E-state index is 0.500. The average Bonchev–Trinajstić information content (AvgIpc) is 2.42. The third-order valence-electron chi connectivity index (χ3n) is 2.62. The molecule has 0 amide bonds. The number of hydrogen-bond acceptors (Lipinski definition) is 4. The summed E-state index contributed by atoms with van der Waals surface area (Å²) in [4.78, 5) is 8.34. The van der Waals surface area contributed by atoms with E-state index in [0.29, 0.717) is 16.8 Å². The summed E-state index contributed by atoms with van der Waals surface area (Å²) < 4.78 is 0. The molecule has 1 aromatic heterocycles. The van der Waals surface area contributed by atoms with Gasteiger partial charge in [-0.25, -0.2) is 4.98 Å². The van der Waals surface area contributed by atoms with Crippen LogP contribution in [0.1, 0.15) is 12.5 Å². The molecule has 0 radical (unpaired) electrons. The average molecular weight is 263 g/mol. The molecule has 0 fully saturated rings. The zero-order valence-corrected chi connectivity index (χ0v) is 11.1.